The van der Waals surface area contributed by atoms with E-state index in [1.54, 1.807) is 6.07 Å². The van der Waals surface area contributed by atoms with Crippen molar-refractivity contribution in [1.82, 2.24) is 0 Å². The Labute approximate surface area is 125 Å². The Morgan fingerprint density at radius 2 is 2.20 bits per heavy atom. The highest BCUT2D eigenvalue weighted by atomic mass is 35.5. The zero-order valence-corrected chi connectivity index (χ0v) is 12.5. The maximum absolute atomic E-state index is 13.5. The van der Waals surface area contributed by atoms with Gasteiger partial charge in [-0.2, -0.15) is 0 Å². The molecule has 6 heteroatoms. The van der Waals surface area contributed by atoms with Gasteiger partial charge in [-0.15, -0.1) is 11.3 Å². The molecule has 0 aliphatic carbocycles. The van der Waals surface area contributed by atoms with Gasteiger partial charge in [0.15, 0.2) is 0 Å². The van der Waals surface area contributed by atoms with E-state index in [-0.39, 0.29) is 11.6 Å². The van der Waals surface area contributed by atoms with Crippen LogP contribution < -0.4 is 5.32 Å². The van der Waals surface area contributed by atoms with Crippen LogP contribution >= 0.6 is 22.9 Å². The van der Waals surface area contributed by atoms with Crippen molar-refractivity contribution in [3.63, 3.8) is 0 Å². The summed E-state index contributed by atoms with van der Waals surface area (Å²) in [5, 5.41) is 5.14. The molecule has 0 saturated carbocycles. The number of anilines is 1. The van der Waals surface area contributed by atoms with Gasteiger partial charge < -0.3 is 10.1 Å². The van der Waals surface area contributed by atoms with Gasteiger partial charge in [0.25, 0.3) is 0 Å². The lowest BCUT2D eigenvalue weighted by atomic mass is 10.1. The second-order valence-electron chi connectivity index (χ2n) is 4.24. The Balaban J connectivity index is 2.19. The van der Waals surface area contributed by atoms with Gasteiger partial charge >= 0.3 is 5.97 Å². The molecule has 0 amide bonds. The number of thiophene rings is 1. The lowest BCUT2D eigenvalue weighted by molar-refractivity contribution is 0.0595. The number of carbonyl (C=O) groups excluding carboxylic acids is 1. The molecular weight excluding hydrogens is 301 g/mol. The molecule has 1 atom stereocenters. The number of rotatable bonds is 4. The number of ether oxygens (including phenoxy) is 1. The van der Waals surface area contributed by atoms with Crippen LogP contribution in [0.3, 0.4) is 0 Å². The van der Waals surface area contributed by atoms with Crippen LogP contribution in [-0.4, -0.2) is 13.1 Å². The first kappa shape index (κ1) is 14.8. The van der Waals surface area contributed by atoms with E-state index in [4.69, 9.17) is 11.6 Å². The van der Waals surface area contributed by atoms with Gasteiger partial charge in [0, 0.05) is 11.7 Å². The largest absolute Gasteiger partial charge is 0.465 e. The molecule has 20 heavy (non-hydrogen) atoms. The summed E-state index contributed by atoms with van der Waals surface area (Å²) >= 11 is 7.34. The van der Waals surface area contributed by atoms with Crippen LogP contribution in [0.25, 0.3) is 0 Å². The highest BCUT2D eigenvalue weighted by molar-refractivity contribution is 7.14. The van der Waals surface area contributed by atoms with Crippen LogP contribution in [0.5, 0.6) is 0 Å². The summed E-state index contributed by atoms with van der Waals surface area (Å²) in [6.07, 6.45) is 0. The van der Waals surface area contributed by atoms with E-state index in [9.17, 15) is 9.18 Å². The van der Waals surface area contributed by atoms with Crippen LogP contribution in [0.15, 0.2) is 29.6 Å². The predicted octanol–water partition coefficient (Wildman–Crippen LogP) is 4.50. The fourth-order valence-electron chi connectivity index (χ4n) is 1.77. The Kier molecular flexibility index (Phi) is 4.62. The van der Waals surface area contributed by atoms with Crippen molar-refractivity contribution < 1.29 is 13.9 Å². The van der Waals surface area contributed by atoms with Crippen molar-refractivity contribution in [2.45, 2.75) is 13.0 Å². The molecule has 1 aromatic heterocycles. The van der Waals surface area contributed by atoms with Crippen LogP contribution in [0.4, 0.5) is 10.1 Å². The zero-order valence-electron chi connectivity index (χ0n) is 10.9. The number of nitrogens with one attached hydrogen (secondary N) is 1. The first-order valence-electron chi connectivity index (χ1n) is 5.89. The molecule has 0 saturated heterocycles. The highest BCUT2D eigenvalue weighted by Gasteiger charge is 2.14. The number of halogens is 2. The number of hydrogen-bond donors (Lipinski definition) is 1. The third-order valence-corrected chi connectivity index (χ3v) is 3.95. The van der Waals surface area contributed by atoms with Gasteiger partial charge in [-0.3, -0.25) is 0 Å². The van der Waals surface area contributed by atoms with Gasteiger partial charge in [0.1, 0.15) is 5.82 Å². The number of carbonyl (C=O) groups is 1. The minimum Gasteiger partial charge on any atom is -0.465 e. The van der Waals surface area contributed by atoms with E-state index < -0.39 is 11.8 Å². The van der Waals surface area contributed by atoms with E-state index in [2.05, 4.69) is 10.1 Å². The number of esters is 1. The van der Waals surface area contributed by atoms with Crippen LogP contribution in [0.2, 0.25) is 4.34 Å². The summed E-state index contributed by atoms with van der Waals surface area (Å²) in [4.78, 5) is 11.4. The number of methoxy groups -OCH3 is 1. The molecule has 3 nitrogen and oxygen atoms in total. The summed E-state index contributed by atoms with van der Waals surface area (Å²) in [7, 11) is 1.22. The molecule has 1 unspecified atom stereocenters. The standard InChI is InChI=1S/C14H13ClFNO2S/c1-8(9-5-13(15)20-7-9)17-10-3-4-12(16)11(6-10)14(18)19-2/h3-8,17H,1-2H3. The van der Waals surface area contributed by atoms with Gasteiger partial charge in [0.2, 0.25) is 0 Å². The monoisotopic (exact) mass is 313 g/mol. The van der Waals surface area contributed by atoms with Gasteiger partial charge in [-0.05, 0) is 42.1 Å². The molecule has 0 spiro atoms. The van der Waals surface area contributed by atoms with E-state index in [1.807, 2.05) is 18.4 Å². The van der Waals surface area contributed by atoms with Gasteiger partial charge in [-0.25, -0.2) is 9.18 Å². The Morgan fingerprint density at radius 3 is 2.80 bits per heavy atom. The zero-order chi connectivity index (χ0) is 14.7. The summed E-state index contributed by atoms with van der Waals surface area (Å²) in [5.41, 5.74) is 1.58. The highest BCUT2D eigenvalue weighted by Crippen LogP contribution is 2.27. The van der Waals surface area contributed by atoms with Crippen LogP contribution in [0.1, 0.15) is 28.9 Å². The normalized spacial score (nSPS) is 12.0. The maximum atomic E-state index is 13.5. The lowest BCUT2D eigenvalue weighted by Gasteiger charge is -2.15. The summed E-state index contributed by atoms with van der Waals surface area (Å²) in [5.74, 6) is -1.30. The third kappa shape index (κ3) is 3.29. The molecular formula is C14H13ClFNO2S. The Morgan fingerprint density at radius 1 is 1.45 bits per heavy atom. The predicted molar refractivity (Wildman–Crippen MR) is 79.1 cm³/mol. The van der Waals surface area contributed by atoms with Crippen molar-refractivity contribution in [3.8, 4) is 0 Å². The van der Waals surface area contributed by atoms with E-state index in [0.717, 1.165) is 5.56 Å². The molecule has 2 aromatic rings. The minimum atomic E-state index is -0.697. The summed E-state index contributed by atoms with van der Waals surface area (Å²) in [6, 6.07) is 6.11. The molecule has 106 valence electrons. The first-order valence-corrected chi connectivity index (χ1v) is 7.15. The molecule has 0 aliphatic rings. The third-order valence-electron chi connectivity index (χ3n) is 2.84. The van der Waals surface area contributed by atoms with Gasteiger partial charge in [0.05, 0.1) is 17.0 Å². The van der Waals surface area contributed by atoms with Crippen LogP contribution in [0, 0.1) is 5.82 Å². The van der Waals surface area contributed by atoms with Crippen molar-refractivity contribution in [2.24, 2.45) is 0 Å². The number of hydrogen-bond acceptors (Lipinski definition) is 4. The molecule has 0 bridgehead atoms. The smallest absolute Gasteiger partial charge is 0.340 e. The summed E-state index contributed by atoms with van der Waals surface area (Å²) < 4.78 is 18.8. The van der Waals surface area contributed by atoms with E-state index in [1.165, 1.54) is 30.6 Å². The molecule has 1 N–H and O–H groups in total. The quantitative estimate of drug-likeness (QED) is 0.845. The molecule has 1 aromatic carbocycles. The van der Waals surface area contributed by atoms with E-state index in [0.29, 0.717) is 10.0 Å². The van der Waals surface area contributed by atoms with Crippen LogP contribution in [-0.2, 0) is 4.74 Å². The average molecular weight is 314 g/mol. The molecule has 2 rings (SSSR count). The average Bonchev–Trinajstić information content (AvgIpc) is 2.87. The Bertz CT molecular complexity index is 629. The first-order chi connectivity index (χ1) is 9.51. The molecule has 0 radical (unpaired) electrons. The lowest BCUT2D eigenvalue weighted by Crippen LogP contribution is -2.09. The fraction of sp³-hybridized carbons (Fsp3) is 0.214. The Hall–Kier alpha value is -1.59. The van der Waals surface area contributed by atoms with E-state index >= 15 is 0 Å². The molecule has 0 fully saturated rings. The number of benzene rings is 1. The topological polar surface area (TPSA) is 38.3 Å². The fourth-order valence-corrected chi connectivity index (χ4v) is 2.75. The van der Waals surface area contributed by atoms with Crippen molar-refractivity contribution >= 4 is 34.6 Å². The summed E-state index contributed by atoms with van der Waals surface area (Å²) in [6.45, 7) is 1.96. The molecule has 1 heterocycles. The second-order valence-corrected chi connectivity index (χ2v) is 5.78. The van der Waals surface area contributed by atoms with Crippen molar-refractivity contribution in [3.05, 3.63) is 50.9 Å². The SMILES string of the molecule is COC(=O)c1cc(NC(C)c2csc(Cl)c2)ccc1F. The molecule has 0 aliphatic heterocycles. The van der Waals surface area contributed by atoms with Gasteiger partial charge in [-0.1, -0.05) is 11.6 Å². The maximum Gasteiger partial charge on any atom is 0.340 e. The second kappa shape index (κ2) is 6.24. The van der Waals surface area contributed by atoms with Crippen molar-refractivity contribution in [2.75, 3.05) is 12.4 Å². The van der Waals surface area contributed by atoms with Crippen molar-refractivity contribution in [1.29, 1.82) is 0 Å². The minimum absolute atomic E-state index is 0.00490.